The van der Waals surface area contributed by atoms with E-state index >= 15 is 0 Å². The van der Waals surface area contributed by atoms with E-state index in [2.05, 4.69) is 48.1 Å². The Kier molecular flexibility index (Phi) is 8.23. The fourth-order valence-electron chi connectivity index (χ4n) is 2.15. The maximum absolute atomic E-state index is 5.23. The lowest BCUT2D eigenvalue weighted by atomic mass is 10.2. The summed E-state index contributed by atoms with van der Waals surface area (Å²) in [6.07, 6.45) is 4.17. The van der Waals surface area contributed by atoms with Crippen molar-refractivity contribution in [3.05, 3.63) is 24.0 Å². The highest BCUT2D eigenvalue weighted by atomic mass is 16.5. The maximum Gasteiger partial charge on any atom is 0.0637 e. The monoisotopic (exact) mass is 279 g/mol. The van der Waals surface area contributed by atoms with E-state index in [9.17, 15) is 0 Å². The van der Waals surface area contributed by atoms with Crippen LogP contribution in [0.5, 0.6) is 0 Å². The van der Waals surface area contributed by atoms with E-state index in [4.69, 9.17) is 4.74 Å². The van der Waals surface area contributed by atoms with Gasteiger partial charge in [-0.15, -0.1) is 0 Å². The molecule has 0 aromatic carbocycles. The molecule has 4 heteroatoms. The lowest BCUT2D eigenvalue weighted by Crippen LogP contribution is -2.35. The molecule has 0 bridgehead atoms. The summed E-state index contributed by atoms with van der Waals surface area (Å²) < 4.78 is 5.23. The zero-order valence-corrected chi connectivity index (χ0v) is 13.4. The number of ether oxygens (including phenoxy) is 1. The molecule has 0 fully saturated rings. The Balaban J connectivity index is 2.76. The van der Waals surface area contributed by atoms with E-state index in [0.717, 1.165) is 44.8 Å². The Hall–Kier alpha value is -1.13. The quantitative estimate of drug-likeness (QED) is 0.668. The van der Waals surface area contributed by atoms with E-state index in [0.29, 0.717) is 6.04 Å². The molecule has 114 valence electrons. The van der Waals surface area contributed by atoms with Crippen molar-refractivity contribution in [2.45, 2.75) is 46.2 Å². The molecule has 0 aliphatic heterocycles. The van der Waals surface area contributed by atoms with Gasteiger partial charge in [-0.25, -0.2) is 0 Å². The number of hydrogen-bond acceptors (Lipinski definition) is 4. The van der Waals surface area contributed by atoms with E-state index in [-0.39, 0.29) is 0 Å². The van der Waals surface area contributed by atoms with Crippen LogP contribution in [0.4, 0.5) is 5.69 Å². The first kappa shape index (κ1) is 16.9. The molecule has 1 N–H and O–H groups in total. The molecule has 0 aliphatic rings. The van der Waals surface area contributed by atoms with E-state index in [1.165, 1.54) is 5.69 Å². The summed E-state index contributed by atoms with van der Waals surface area (Å²) in [5.74, 6) is 0. The van der Waals surface area contributed by atoms with Crippen LogP contribution in [0.2, 0.25) is 0 Å². The Labute approximate surface area is 123 Å². The molecule has 0 aliphatic carbocycles. The van der Waals surface area contributed by atoms with Gasteiger partial charge in [-0.2, -0.15) is 0 Å². The van der Waals surface area contributed by atoms with Gasteiger partial charge in [-0.05, 0) is 38.4 Å². The van der Waals surface area contributed by atoms with Crippen LogP contribution in [0, 0.1) is 0 Å². The minimum absolute atomic E-state index is 0.504. The molecule has 20 heavy (non-hydrogen) atoms. The van der Waals surface area contributed by atoms with Gasteiger partial charge in [0.25, 0.3) is 0 Å². The zero-order valence-electron chi connectivity index (χ0n) is 13.4. The minimum Gasteiger partial charge on any atom is -0.383 e. The largest absolute Gasteiger partial charge is 0.383 e. The van der Waals surface area contributed by atoms with E-state index in [1.807, 2.05) is 6.20 Å². The van der Waals surface area contributed by atoms with E-state index in [1.54, 1.807) is 7.11 Å². The third-order valence-corrected chi connectivity index (χ3v) is 3.52. The summed E-state index contributed by atoms with van der Waals surface area (Å²) in [7, 11) is 1.75. The van der Waals surface area contributed by atoms with Crippen molar-refractivity contribution in [2.24, 2.45) is 0 Å². The average Bonchev–Trinajstić information content (AvgIpc) is 2.48. The van der Waals surface area contributed by atoms with Gasteiger partial charge in [0.15, 0.2) is 0 Å². The molecule has 1 heterocycles. The molecule has 0 saturated carbocycles. The van der Waals surface area contributed by atoms with Crippen LogP contribution in [0.25, 0.3) is 0 Å². The van der Waals surface area contributed by atoms with Gasteiger partial charge in [0, 0.05) is 38.1 Å². The highest BCUT2D eigenvalue weighted by Crippen LogP contribution is 2.18. The third kappa shape index (κ3) is 5.47. The fraction of sp³-hybridized carbons (Fsp3) is 0.688. The summed E-state index contributed by atoms with van der Waals surface area (Å²) in [6, 6.07) is 4.78. The summed E-state index contributed by atoms with van der Waals surface area (Å²) >= 11 is 0. The molecule has 1 rings (SSSR count). The lowest BCUT2D eigenvalue weighted by molar-refractivity contribution is 0.203. The van der Waals surface area contributed by atoms with Gasteiger partial charge < -0.3 is 15.0 Å². The van der Waals surface area contributed by atoms with Gasteiger partial charge >= 0.3 is 0 Å². The van der Waals surface area contributed by atoms with Crippen molar-refractivity contribution >= 4 is 5.69 Å². The van der Waals surface area contributed by atoms with E-state index < -0.39 is 0 Å². The molecule has 0 spiro atoms. The summed E-state index contributed by atoms with van der Waals surface area (Å²) in [6.45, 7) is 10.2. The normalized spacial score (nSPS) is 12.4. The Morgan fingerprint density at radius 1 is 1.40 bits per heavy atom. The Morgan fingerprint density at radius 3 is 2.85 bits per heavy atom. The van der Waals surface area contributed by atoms with Crippen LogP contribution in [0.3, 0.4) is 0 Å². The molecule has 1 aromatic rings. The number of pyridine rings is 1. The van der Waals surface area contributed by atoms with Crippen molar-refractivity contribution < 1.29 is 4.74 Å². The molecule has 1 aromatic heterocycles. The van der Waals surface area contributed by atoms with Crippen LogP contribution in [0.1, 0.15) is 39.3 Å². The summed E-state index contributed by atoms with van der Waals surface area (Å²) in [5, 5.41) is 3.40. The molecular weight excluding hydrogens is 250 g/mol. The highest BCUT2D eigenvalue weighted by molar-refractivity contribution is 5.47. The van der Waals surface area contributed by atoms with Crippen LogP contribution in [0.15, 0.2) is 18.3 Å². The third-order valence-electron chi connectivity index (χ3n) is 3.52. The minimum atomic E-state index is 0.504. The maximum atomic E-state index is 5.23. The van der Waals surface area contributed by atoms with Crippen molar-refractivity contribution in [2.75, 3.05) is 31.7 Å². The second-order valence-corrected chi connectivity index (χ2v) is 5.13. The van der Waals surface area contributed by atoms with Crippen molar-refractivity contribution in [1.29, 1.82) is 0 Å². The first-order valence-electron chi connectivity index (χ1n) is 7.64. The van der Waals surface area contributed by atoms with Gasteiger partial charge in [0.2, 0.25) is 0 Å². The van der Waals surface area contributed by atoms with Gasteiger partial charge in [0.05, 0.1) is 12.3 Å². The Bertz CT molecular complexity index is 370. The average molecular weight is 279 g/mol. The number of rotatable bonds is 10. The molecule has 1 unspecified atom stereocenters. The SMILES string of the molecule is CCCNCc1cc(N(CCOC)C(C)CC)ccn1. The first-order chi connectivity index (χ1) is 9.72. The highest BCUT2D eigenvalue weighted by Gasteiger charge is 2.13. The molecule has 1 atom stereocenters. The van der Waals surface area contributed by atoms with Gasteiger partial charge in [-0.1, -0.05) is 13.8 Å². The molecule has 4 nitrogen and oxygen atoms in total. The van der Waals surface area contributed by atoms with Crippen LogP contribution < -0.4 is 10.2 Å². The second kappa shape index (κ2) is 9.72. The molecule has 0 amide bonds. The molecule has 0 saturated heterocycles. The topological polar surface area (TPSA) is 37.4 Å². The zero-order chi connectivity index (χ0) is 14.8. The number of nitrogens with zero attached hydrogens (tertiary/aromatic N) is 2. The summed E-state index contributed by atoms with van der Waals surface area (Å²) in [5.41, 5.74) is 2.33. The second-order valence-electron chi connectivity index (χ2n) is 5.13. The van der Waals surface area contributed by atoms with Gasteiger partial charge in [0.1, 0.15) is 0 Å². The number of hydrogen-bond donors (Lipinski definition) is 1. The molecule has 0 radical (unpaired) electrons. The van der Waals surface area contributed by atoms with Crippen LogP contribution in [-0.2, 0) is 11.3 Å². The van der Waals surface area contributed by atoms with Crippen molar-refractivity contribution in [1.82, 2.24) is 10.3 Å². The Morgan fingerprint density at radius 2 is 2.20 bits per heavy atom. The smallest absolute Gasteiger partial charge is 0.0637 e. The van der Waals surface area contributed by atoms with Crippen molar-refractivity contribution in [3.63, 3.8) is 0 Å². The number of methoxy groups -OCH3 is 1. The summed E-state index contributed by atoms with van der Waals surface area (Å²) in [4.78, 5) is 6.84. The molecular formula is C16H29N3O. The standard InChI is InChI=1S/C16H29N3O/c1-5-8-17-13-15-12-16(7-9-18-15)19(10-11-20-4)14(3)6-2/h7,9,12,14,17H,5-6,8,10-11,13H2,1-4H3. The van der Waals surface area contributed by atoms with Gasteiger partial charge in [-0.3, -0.25) is 4.98 Å². The predicted molar refractivity (Wildman–Crippen MR) is 85.2 cm³/mol. The lowest BCUT2D eigenvalue weighted by Gasteiger charge is -2.30. The number of aromatic nitrogens is 1. The number of anilines is 1. The predicted octanol–water partition coefficient (Wildman–Crippen LogP) is 2.83. The van der Waals surface area contributed by atoms with Crippen molar-refractivity contribution in [3.8, 4) is 0 Å². The van der Waals surface area contributed by atoms with Crippen LogP contribution in [-0.4, -0.2) is 37.8 Å². The first-order valence-corrected chi connectivity index (χ1v) is 7.64. The van der Waals surface area contributed by atoms with Crippen LogP contribution >= 0.6 is 0 Å². The fourth-order valence-corrected chi connectivity index (χ4v) is 2.15. The number of nitrogens with one attached hydrogen (secondary N) is 1.